The summed E-state index contributed by atoms with van der Waals surface area (Å²) in [6, 6.07) is 14.9. The number of allylic oxidation sites excluding steroid dienone is 2. The topological polar surface area (TPSA) is 46.0 Å². The Labute approximate surface area is 161 Å². The van der Waals surface area contributed by atoms with Crippen LogP contribution in [0.5, 0.6) is 0 Å². The van der Waals surface area contributed by atoms with Crippen molar-refractivity contribution >= 4 is 17.0 Å². The molecule has 0 aliphatic heterocycles. The minimum Gasteiger partial charge on any atom is -0.393 e. The molecule has 1 aromatic heterocycles. The highest BCUT2D eigenvalue weighted by atomic mass is 16.3. The van der Waals surface area contributed by atoms with E-state index in [1.165, 1.54) is 11.1 Å². The van der Waals surface area contributed by atoms with Crippen molar-refractivity contribution in [1.29, 1.82) is 0 Å². The zero-order valence-electron chi connectivity index (χ0n) is 15.8. The molecule has 2 aromatic carbocycles. The second-order valence-electron chi connectivity index (χ2n) is 6.87. The van der Waals surface area contributed by atoms with E-state index in [1.807, 2.05) is 25.3 Å². The largest absolute Gasteiger partial charge is 0.393 e. The third kappa shape index (κ3) is 5.35. The van der Waals surface area contributed by atoms with Gasteiger partial charge in [0.25, 0.3) is 0 Å². The van der Waals surface area contributed by atoms with Crippen LogP contribution in [0, 0.1) is 0 Å². The smallest absolute Gasteiger partial charge is 0.152 e. The van der Waals surface area contributed by atoms with Crippen molar-refractivity contribution in [3.8, 4) is 11.1 Å². The lowest BCUT2D eigenvalue weighted by Gasteiger charge is -2.05. The predicted molar refractivity (Wildman–Crippen MR) is 113 cm³/mol. The van der Waals surface area contributed by atoms with Crippen LogP contribution < -0.4 is 0 Å². The number of rotatable bonds is 8. The molecule has 0 amide bonds. The summed E-state index contributed by atoms with van der Waals surface area (Å²) in [7, 11) is 0. The van der Waals surface area contributed by atoms with Gasteiger partial charge in [-0.2, -0.15) is 0 Å². The average molecular weight is 358 g/mol. The van der Waals surface area contributed by atoms with Gasteiger partial charge in [0.05, 0.1) is 11.6 Å². The molecule has 0 aliphatic carbocycles. The maximum Gasteiger partial charge on any atom is 0.152 e. The fraction of sp³-hybridized carbons (Fsp3) is 0.250. The molecule has 3 aromatic rings. The maximum absolute atomic E-state index is 9.28. The number of aliphatic hydroxyl groups excluding tert-OH is 1. The first-order valence-electron chi connectivity index (χ1n) is 9.47. The highest BCUT2D eigenvalue weighted by molar-refractivity contribution is 5.84. The summed E-state index contributed by atoms with van der Waals surface area (Å²) in [4.78, 5) is 9.08. The summed E-state index contributed by atoms with van der Waals surface area (Å²) in [6.07, 6.45) is 11.2. The van der Waals surface area contributed by atoms with E-state index in [1.54, 1.807) is 0 Å². The lowest BCUT2D eigenvalue weighted by molar-refractivity contribution is 0.182. The Morgan fingerprint density at radius 3 is 2.63 bits per heavy atom. The van der Waals surface area contributed by atoms with E-state index in [-0.39, 0.29) is 6.10 Å². The number of benzene rings is 2. The average Bonchev–Trinajstić information content (AvgIpc) is 2.68. The number of aliphatic hydroxyl groups is 1. The maximum atomic E-state index is 9.28. The first-order valence-corrected chi connectivity index (χ1v) is 9.47. The third-order valence-corrected chi connectivity index (χ3v) is 4.53. The van der Waals surface area contributed by atoms with E-state index in [0.717, 1.165) is 48.0 Å². The molecule has 3 rings (SSSR count). The molecule has 0 saturated carbocycles. The summed E-state index contributed by atoms with van der Waals surface area (Å²) in [6.45, 7) is 5.60. The number of aromatic nitrogens is 2. The van der Waals surface area contributed by atoms with Crippen molar-refractivity contribution in [2.24, 2.45) is 0 Å². The number of fused-ring (bicyclic) bond motifs is 1. The minimum absolute atomic E-state index is 0.234. The summed E-state index contributed by atoms with van der Waals surface area (Å²) in [5.74, 6) is 0.723. The molecule has 3 nitrogen and oxygen atoms in total. The van der Waals surface area contributed by atoms with Gasteiger partial charge in [0.2, 0.25) is 0 Å². The number of nitrogens with zero attached hydrogens (tertiary/aromatic N) is 2. The molecule has 138 valence electrons. The molecular formula is C24H26N2O. The lowest BCUT2D eigenvalue weighted by Crippen LogP contribution is -1.97. The van der Waals surface area contributed by atoms with E-state index < -0.39 is 0 Å². The van der Waals surface area contributed by atoms with Gasteiger partial charge in [-0.1, -0.05) is 42.5 Å². The molecule has 0 radical (unpaired) electrons. The molecule has 0 saturated heterocycles. The minimum atomic E-state index is -0.234. The summed E-state index contributed by atoms with van der Waals surface area (Å²) >= 11 is 0. The second-order valence-corrected chi connectivity index (χ2v) is 6.87. The van der Waals surface area contributed by atoms with Gasteiger partial charge in [-0.3, -0.25) is 0 Å². The van der Waals surface area contributed by atoms with Crippen molar-refractivity contribution in [2.45, 2.75) is 38.7 Å². The summed E-state index contributed by atoms with van der Waals surface area (Å²) in [5, 5.41) is 10.3. The van der Waals surface area contributed by atoms with Gasteiger partial charge in [-0.05, 0) is 67.5 Å². The lowest BCUT2D eigenvalue weighted by atomic mass is 10.0. The van der Waals surface area contributed by atoms with Crippen LogP contribution in [0.4, 0.5) is 0 Å². The molecule has 0 fully saturated rings. The van der Waals surface area contributed by atoms with Crippen molar-refractivity contribution in [3.05, 3.63) is 78.8 Å². The molecule has 3 heteroatoms. The number of hydrogen-bond donors (Lipinski definition) is 1. The Morgan fingerprint density at radius 1 is 1.11 bits per heavy atom. The summed E-state index contributed by atoms with van der Waals surface area (Å²) in [5.41, 5.74) is 4.56. The van der Waals surface area contributed by atoms with Crippen molar-refractivity contribution in [3.63, 3.8) is 0 Å². The Morgan fingerprint density at radius 2 is 1.89 bits per heavy atom. The van der Waals surface area contributed by atoms with Crippen LogP contribution in [-0.4, -0.2) is 21.2 Å². The van der Waals surface area contributed by atoms with Crippen LogP contribution >= 0.6 is 0 Å². The standard InChI is InChI=1S/C24H26N2O/c1-3-7-19-10-12-20(13-11-19)21-14-15-23-22(16-21)17-25-24(26-23)9-6-4-5-8-18(2)27/h3,6,9-18,27H,1,4-5,7-8H2,2H3. The van der Waals surface area contributed by atoms with Gasteiger partial charge in [-0.15, -0.1) is 6.58 Å². The highest BCUT2D eigenvalue weighted by Gasteiger charge is 2.03. The van der Waals surface area contributed by atoms with Gasteiger partial charge in [-0.25, -0.2) is 9.97 Å². The van der Waals surface area contributed by atoms with Crippen LogP contribution in [0.25, 0.3) is 28.1 Å². The van der Waals surface area contributed by atoms with Crippen LogP contribution in [0.2, 0.25) is 0 Å². The monoisotopic (exact) mass is 358 g/mol. The van der Waals surface area contributed by atoms with E-state index >= 15 is 0 Å². The van der Waals surface area contributed by atoms with Crippen LogP contribution in [-0.2, 0) is 6.42 Å². The van der Waals surface area contributed by atoms with E-state index in [9.17, 15) is 5.11 Å². The van der Waals surface area contributed by atoms with E-state index in [0.29, 0.717) is 0 Å². The quantitative estimate of drug-likeness (QED) is 0.422. The molecule has 0 bridgehead atoms. The molecule has 1 atom stereocenters. The fourth-order valence-electron chi connectivity index (χ4n) is 3.03. The molecule has 1 unspecified atom stereocenters. The molecule has 0 spiro atoms. The van der Waals surface area contributed by atoms with Gasteiger partial charge >= 0.3 is 0 Å². The normalized spacial score (nSPS) is 12.5. The van der Waals surface area contributed by atoms with Gasteiger partial charge < -0.3 is 5.11 Å². The first kappa shape index (κ1) is 19.0. The van der Waals surface area contributed by atoms with Gasteiger partial charge in [0, 0.05) is 11.6 Å². The zero-order valence-corrected chi connectivity index (χ0v) is 15.8. The molecule has 0 aliphatic rings. The fourth-order valence-corrected chi connectivity index (χ4v) is 3.03. The number of unbranched alkanes of at least 4 members (excludes halogenated alkanes) is 1. The summed E-state index contributed by atoms with van der Waals surface area (Å²) < 4.78 is 0. The Kier molecular flexibility index (Phi) is 6.50. The van der Waals surface area contributed by atoms with Gasteiger partial charge in [0.1, 0.15) is 0 Å². The van der Waals surface area contributed by atoms with Crippen molar-refractivity contribution in [2.75, 3.05) is 0 Å². The van der Waals surface area contributed by atoms with E-state index in [2.05, 4.69) is 65.1 Å². The van der Waals surface area contributed by atoms with Crippen molar-refractivity contribution in [1.82, 2.24) is 9.97 Å². The van der Waals surface area contributed by atoms with Crippen molar-refractivity contribution < 1.29 is 5.11 Å². The second kappa shape index (κ2) is 9.24. The molecule has 1 N–H and O–H groups in total. The molecular weight excluding hydrogens is 332 g/mol. The predicted octanol–water partition coefficient (Wildman–Crippen LogP) is 5.59. The van der Waals surface area contributed by atoms with Crippen LogP contribution in [0.1, 0.15) is 37.6 Å². The Bertz CT molecular complexity index is 927. The molecule has 27 heavy (non-hydrogen) atoms. The van der Waals surface area contributed by atoms with Crippen LogP contribution in [0.15, 0.2) is 67.4 Å². The SMILES string of the molecule is C=CCc1ccc(-c2ccc3nc(C=CCCCC(C)O)ncc3c2)cc1. The van der Waals surface area contributed by atoms with Crippen LogP contribution in [0.3, 0.4) is 0 Å². The third-order valence-electron chi connectivity index (χ3n) is 4.53. The highest BCUT2D eigenvalue weighted by Crippen LogP contribution is 2.24. The Hall–Kier alpha value is -2.78. The Balaban J connectivity index is 1.73. The first-order chi connectivity index (χ1) is 13.2. The van der Waals surface area contributed by atoms with E-state index in [4.69, 9.17) is 0 Å². The zero-order chi connectivity index (χ0) is 19.1. The molecule has 1 heterocycles. The number of hydrogen-bond acceptors (Lipinski definition) is 3. The van der Waals surface area contributed by atoms with Gasteiger partial charge in [0.15, 0.2) is 5.82 Å².